The highest BCUT2D eigenvalue weighted by atomic mass is 32.1. The minimum atomic E-state index is -0.526. The molecule has 3 N–H and O–H groups in total. The van der Waals surface area contributed by atoms with Crippen molar-refractivity contribution in [3.8, 4) is 5.75 Å². The molecule has 4 aromatic rings. The van der Waals surface area contributed by atoms with Crippen molar-refractivity contribution in [2.24, 2.45) is 0 Å². The molecule has 0 atom stereocenters. The van der Waals surface area contributed by atoms with Crippen molar-refractivity contribution in [2.45, 2.75) is 32.2 Å². The number of hydroxylamine groups is 1. The van der Waals surface area contributed by atoms with Crippen molar-refractivity contribution in [2.75, 3.05) is 12.4 Å². The Kier molecular flexibility index (Phi) is 7.19. The summed E-state index contributed by atoms with van der Waals surface area (Å²) in [6.07, 6.45) is 3.88. The normalized spacial score (nSPS) is 11.0. The number of anilines is 1. The van der Waals surface area contributed by atoms with Crippen LogP contribution in [0.2, 0.25) is 0 Å². The third-order valence-electron chi connectivity index (χ3n) is 5.47. The van der Waals surface area contributed by atoms with E-state index in [2.05, 4.69) is 10.3 Å². The molecule has 0 spiro atoms. The number of aromatic nitrogens is 2. The van der Waals surface area contributed by atoms with Gasteiger partial charge >= 0.3 is 0 Å². The van der Waals surface area contributed by atoms with Gasteiger partial charge in [0.1, 0.15) is 11.3 Å². The summed E-state index contributed by atoms with van der Waals surface area (Å²) in [7, 11) is 1.52. The summed E-state index contributed by atoms with van der Waals surface area (Å²) in [5, 5.41) is 12.2. The van der Waals surface area contributed by atoms with Gasteiger partial charge in [-0.15, -0.1) is 0 Å². The number of methoxy groups -OCH3 is 1. The maximum atomic E-state index is 13.2. The lowest BCUT2D eigenvalue weighted by atomic mass is 10.1. The molecule has 0 bridgehead atoms. The molecule has 0 saturated heterocycles. The maximum Gasteiger partial charge on any atom is 0.262 e. The van der Waals surface area contributed by atoms with Crippen molar-refractivity contribution < 1.29 is 19.5 Å². The van der Waals surface area contributed by atoms with Gasteiger partial charge in [-0.25, -0.2) is 10.5 Å². The highest BCUT2D eigenvalue weighted by molar-refractivity contribution is 7.22. The molecule has 10 heteroatoms. The smallest absolute Gasteiger partial charge is 0.262 e. The molecular formula is C24H24N4O5S. The largest absolute Gasteiger partial charge is 0.497 e. The molecule has 34 heavy (non-hydrogen) atoms. The monoisotopic (exact) mass is 480 g/mol. The van der Waals surface area contributed by atoms with Crippen molar-refractivity contribution in [1.29, 1.82) is 0 Å². The van der Waals surface area contributed by atoms with E-state index in [4.69, 9.17) is 9.94 Å². The fourth-order valence-corrected chi connectivity index (χ4v) is 4.60. The SMILES string of the molecule is COc1ccc2c(c1)c(=O)c(C(=O)Nc1nc3ccccc3s1)cn2CCCCCC(=O)NO. The standard InChI is InChI=1S/C24H24N4O5S/c1-33-15-10-11-19-16(13-15)22(30)17(14-28(19)12-6-2-3-9-21(29)27-32)23(31)26-24-25-18-7-4-5-8-20(18)34-24/h4-5,7-8,10-11,13-14,32H,2-3,6,9,12H2,1H3,(H,27,29)(H,25,26,31). The van der Waals surface area contributed by atoms with Gasteiger partial charge in [0.15, 0.2) is 5.13 Å². The van der Waals surface area contributed by atoms with E-state index in [9.17, 15) is 14.4 Å². The van der Waals surface area contributed by atoms with Gasteiger partial charge in [0.05, 0.1) is 28.2 Å². The number of hydrogen-bond donors (Lipinski definition) is 3. The topological polar surface area (TPSA) is 123 Å². The highest BCUT2D eigenvalue weighted by Crippen LogP contribution is 2.26. The first-order chi connectivity index (χ1) is 16.5. The van der Waals surface area contributed by atoms with Gasteiger partial charge in [0.2, 0.25) is 11.3 Å². The van der Waals surface area contributed by atoms with E-state index in [1.54, 1.807) is 29.9 Å². The minimum Gasteiger partial charge on any atom is -0.497 e. The lowest BCUT2D eigenvalue weighted by Gasteiger charge is -2.14. The van der Waals surface area contributed by atoms with Gasteiger partial charge in [-0.3, -0.25) is 24.9 Å². The van der Waals surface area contributed by atoms with Gasteiger partial charge < -0.3 is 9.30 Å². The Bertz CT molecular complexity index is 1380. The van der Waals surface area contributed by atoms with E-state index in [-0.39, 0.29) is 17.4 Å². The Morgan fingerprint density at radius 3 is 2.74 bits per heavy atom. The number of para-hydroxylation sites is 1. The first-order valence-corrected chi connectivity index (χ1v) is 11.6. The van der Waals surface area contributed by atoms with Crippen LogP contribution in [0.25, 0.3) is 21.1 Å². The maximum absolute atomic E-state index is 13.2. The van der Waals surface area contributed by atoms with Crippen molar-refractivity contribution in [3.63, 3.8) is 0 Å². The number of rotatable bonds is 9. The zero-order valence-corrected chi connectivity index (χ0v) is 19.4. The molecule has 0 saturated carbocycles. The summed E-state index contributed by atoms with van der Waals surface area (Å²) in [6.45, 7) is 0.547. The van der Waals surface area contributed by atoms with E-state index in [0.29, 0.717) is 34.7 Å². The van der Waals surface area contributed by atoms with Crippen molar-refractivity contribution >= 4 is 49.4 Å². The highest BCUT2D eigenvalue weighted by Gasteiger charge is 2.18. The van der Waals surface area contributed by atoms with E-state index < -0.39 is 11.8 Å². The number of hydrogen-bond acceptors (Lipinski definition) is 7. The predicted molar refractivity (Wildman–Crippen MR) is 131 cm³/mol. The second kappa shape index (κ2) is 10.4. The average molecular weight is 481 g/mol. The molecule has 2 aromatic carbocycles. The molecule has 2 aromatic heterocycles. The fourth-order valence-electron chi connectivity index (χ4n) is 3.74. The minimum absolute atomic E-state index is 0.0136. The number of nitrogens with one attached hydrogen (secondary N) is 2. The average Bonchev–Trinajstić information content (AvgIpc) is 3.26. The molecule has 4 rings (SSSR count). The number of benzene rings is 2. The van der Waals surface area contributed by atoms with Gasteiger partial charge in [-0.1, -0.05) is 29.9 Å². The number of carbonyl (C=O) groups is 2. The molecule has 2 heterocycles. The zero-order valence-electron chi connectivity index (χ0n) is 18.5. The Balaban J connectivity index is 1.62. The number of pyridine rings is 1. The van der Waals surface area contributed by atoms with Crippen LogP contribution < -0.4 is 21.0 Å². The molecule has 0 fully saturated rings. The van der Waals surface area contributed by atoms with Crippen LogP contribution in [-0.4, -0.2) is 33.7 Å². The van der Waals surface area contributed by atoms with Crippen LogP contribution in [0.4, 0.5) is 5.13 Å². The second-order valence-electron chi connectivity index (χ2n) is 7.73. The Hall–Kier alpha value is -3.76. The van der Waals surface area contributed by atoms with Gasteiger partial charge in [-0.2, -0.15) is 0 Å². The summed E-state index contributed by atoms with van der Waals surface area (Å²) < 4.78 is 8.09. The van der Waals surface area contributed by atoms with E-state index in [1.165, 1.54) is 18.4 Å². The Morgan fingerprint density at radius 1 is 1.15 bits per heavy atom. The number of aryl methyl sites for hydroxylation is 1. The summed E-state index contributed by atoms with van der Waals surface area (Å²) in [6, 6.07) is 12.8. The van der Waals surface area contributed by atoms with Gasteiger partial charge in [-0.05, 0) is 43.2 Å². The number of amides is 2. The molecule has 9 nitrogen and oxygen atoms in total. The number of nitrogens with zero attached hydrogens (tertiary/aromatic N) is 2. The quantitative estimate of drug-likeness (QED) is 0.189. The first-order valence-electron chi connectivity index (χ1n) is 10.8. The van der Waals surface area contributed by atoms with E-state index in [0.717, 1.165) is 23.1 Å². The number of thiazole rings is 1. The molecule has 176 valence electrons. The number of ether oxygens (including phenoxy) is 1. The summed E-state index contributed by atoms with van der Waals surface area (Å²) >= 11 is 1.34. The lowest BCUT2D eigenvalue weighted by molar-refractivity contribution is -0.129. The molecule has 2 amide bonds. The summed E-state index contributed by atoms with van der Waals surface area (Å²) in [5.41, 5.74) is 2.72. The molecule has 0 unspecified atom stereocenters. The van der Waals surface area contributed by atoms with Crippen LogP contribution in [0.5, 0.6) is 5.75 Å². The fraction of sp³-hybridized carbons (Fsp3) is 0.250. The van der Waals surface area contributed by atoms with E-state index in [1.807, 2.05) is 28.8 Å². The Morgan fingerprint density at radius 2 is 1.97 bits per heavy atom. The number of fused-ring (bicyclic) bond motifs is 2. The van der Waals surface area contributed by atoms with Crippen LogP contribution in [0.3, 0.4) is 0 Å². The molecule has 0 aliphatic heterocycles. The van der Waals surface area contributed by atoms with Crippen LogP contribution in [0.15, 0.2) is 53.5 Å². The van der Waals surface area contributed by atoms with Crippen LogP contribution in [0.1, 0.15) is 36.0 Å². The lowest BCUT2D eigenvalue weighted by Crippen LogP contribution is -2.24. The number of unbranched alkanes of at least 4 members (excludes halogenated alkanes) is 2. The number of carbonyl (C=O) groups excluding carboxylic acids is 2. The first kappa shape index (κ1) is 23.4. The summed E-state index contributed by atoms with van der Waals surface area (Å²) in [4.78, 5) is 41.9. The summed E-state index contributed by atoms with van der Waals surface area (Å²) in [5.74, 6) is -0.424. The third kappa shape index (κ3) is 5.08. The predicted octanol–water partition coefficient (Wildman–Crippen LogP) is 3.94. The molecule has 0 aliphatic carbocycles. The van der Waals surface area contributed by atoms with Crippen molar-refractivity contribution in [3.05, 3.63) is 64.4 Å². The van der Waals surface area contributed by atoms with Crippen molar-refractivity contribution in [1.82, 2.24) is 15.0 Å². The second-order valence-corrected chi connectivity index (χ2v) is 8.77. The van der Waals surface area contributed by atoms with Gasteiger partial charge in [0.25, 0.3) is 5.91 Å². The molecule has 0 aliphatic rings. The van der Waals surface area contributed by atoms with Crippen LogP contribution in [-0.2, 0) is 11.3 Å². The van der Waals surface area contributed by atoms with E-state index >= 15 is 0 Å². The van der Waals surface area contributed by atoms with Crippen LogP contribution >= 0.6 is 11.3 Å². The Labute approximate surface area is 199 Å². The zero-order chi connectivity index (χ0) is 24.1. The molecular weight excluding hydrogens is 456 g/mol. The molecule has 0 radical (unpaired) electrons. The van der Waals surface area contributed by atoms with Gasteiger partial charge in [0, 0.05) is 19.2 Å². The van der Waals surface area contributed by atoms with Crippen LogP contribution in [0, 0.1) is 0 Å². The third-order valence-corrected chi connectivity index (χ3v) is 6.43.